The Kier molecular flexibility index (Phi) is 5.67. The molecule has 0 amide bonds. The zero-order valence-electron chi connectivity index (χ0n) is 14.3. The van der Waals surface area contributed by atoms with Gasteiger partial charge in [0.2, 0.25) is 0 Å². The van der Waals surface area contributed by atoms with Crippen LogP contribution in [0, 0.1) is 11.3 Å². The summed E-state index contributed by atoms with van der Waals surface area (Å²) in [5, 5.41) is 9.50. The molecular formula is C17H19F3N4O. The highest BCUT2D eigenvalue weighted by Gasteiger charge is 2.27. The molecule has 0 aromatic carbocycles. The number of alkyl halides is 3. The van der Waals surface area contributed by atoms with Crippen molar-refractivity contribution in [2.24, 2.45) is 0 Å². The van der Waals surface area contributed by atoms with E-state index >= 15 is 0 Å². The normalized spacial score (nSPS) is 11.4. The number of aromatic nitrogens is 3. The Balaban J connectivity index is 2.50. The zero-order valence-corrected chi connectivity index (χ0v) is 14.3. The SMILES string of the molecule is CCc1nc(CC)n(-c2cnc(CCC(F)(F)F)cc2OC)c1C#N. The number of imidazole rings is 1. The molecule has 25 heavy (non-hydrogen) atoms. The summed E-state index contributed by atoms with van der Waals surface area (Å²) in [5.41, 5.74) is 1.84. The van der Waals surface area contributed by atoms with Crippen LogP contribution in [-0.2, 0) is 19.3 Å². The van der Waals surface area contributed by atoms with Crippen molar-refractivity contribution in [3.63, 3.8) is 0 Å². The number of hydrogen-bond donors (Lipinski definition) is 0. The van der Waals surface area contributed by atoms with Gasteiger partial charge in [-0.1, -0.05) is 13.8 Å². The Hall–Kier alpha value is -2.56. The van der Waals surface area contributed by atoms with E-state index in [1.165, 1.54) is 19.4 Å². The molecule has 2 aromatic heterocycles. The van der Waals surface area contributed by atoms with E-state index in [2.05, 4.69) is 16.0 Å². The highest BCUT2D eigenvalue weighted by Crippen LogP contribution is 2.29. The largest absolute Gasteiger partial charge is 0.494 e. The third-order valence-electron chi connectivity index (χ3n) is 3.80. The maximum atomic E-state index is 12.4. The fourth-order valence-corrected chi connectivity index (χ4v) is 2.58. The van der Waals surface area contributed by atoms with E-state index in [9.17, 15) is 18.4 Å². The minimum atomic E-state index is -4.24. The predicted octanol–water partition coefficient (Wildman–Crippen LogP) is 3.77. The van der Waals surface area contributed by atoms with Crippen molar-refractivity contribution < 1.29 is 17.9 Å². The number of ether oxygens (including phenoxy) is 1. The maximum Gasteiger partial charge on any atom is 0.389 e. The first-order valence-electron chi connectivity index (χ1n) is 7.95. The second-order valence-corrected chi connectivity index (χ2v) is 5.44. The molecule has 0 unspecified atom stereocenters. The molecule has 0 saturated heterocycles. The van der Waals surface area contributed by atoms with Gasteiger partial charge in [0.15, 0.2) is 0 Å². The number of aryl methyl sites for hydroxylation is 3. The zero-order chi connectivity index (χ0) is 18.6. The molecule has 134 valence electrons. The van der Waals surface area contributed by atoms with Gasteiger partial charge in [0.1, 0.15) is 29.0 Å². The van der Waals surface area contributed by atoms with Crippen LogP contribution in [0.4, 0.5) is 13.2 Å². The van der Waals surface area contributed by atoms with Gasteiger partial charge in [0, 0.05) is 24.6 Å². The lowest BCUT2D eigenvalue weighted by Gasteiger charge is -2.14. The molecule has 2 rings (SSSR count). The molecule has 5 nitrogen and oxygen atoms in total. The number of rotatable bonds is 6. The van der Waals surface area contributed by atoms with E-state index in [4.69, 9.17) is 4.74 Å². The van der Waals surface area contributed by atoms with Crippen molar-refractivity contribution in [2.75, 3.05) is 7.11 Å². The Labute approximate surface area is 144 Å². The lowest BCUT2D eigenvalue weighted by molar-refractivity contribution is -0.134. The maximum absolute atomic E-state index is 12.4. The number of nitriles is 1. The number of pyridine rings is 1. The summed E-state index contributed by atoms with van der Waals surface area (Å²) in [6.45, 7) is 3.82. The van der Waals surface area contributed by atoms with Gasteiger partial charge in [0.25, 0.3) is 0 Å². The molecule has 2 heterocycles. The van der Waals surface area contributed by atoms with Gasteiger partial charge in [-0.2, -0.15) is 18.4 Å². The summed E-state index contributed by atoms with van der Waals surface area (Å²) in [5.74, 6) is 1.04. The molecular weight excluding hydrogens is 333 g/mol. The van der Waals surface area contributed by atoms with E-state index in [1.807, 2.05) is 13.8 Å². The second-order valence-electron chi connectivity index (χ2n) is 5.44. The van der Waals surface area contributed by atoms with Crippen LogP contribution >= 0.6 is 0 Å². The van der Waals surface area contributed by atoms with Crippen LogP contribution < -0.4 is 4.74 Å². The molecule has 0 radical (unpaired) electrons. The van der Waals surface area contributed by atoms with Crippen molar-refractivity contribution >= 4 is 0 Å². The molecule has 0 bridgehead atoms. The first-order valence-corrected chi connectivity index (χ1v) is 7.95. The molecule has 0 N–H and O–H groups in total. The lowest BCUT2D eigenvalue weighted by Crippen LogP contribution is -2.10. The van der Waals surface area contributed by atoms with E-state index in [0.717, 1.165) is 0 Å². The van der Waals surface area contributed by atoms with Crippen molar-refractivity contribution in [3.8, 4) is 17.5 Å². The number of methoxy groups -OCH3 is 1. The van der Waals surface area contributed by atoms with Crippen LogP contribution in [0.5, 0.6) is 5.75 Å². The summed E-state index contributed by atoms with van der Waals surface area (Å²) >= 11 is 0. The molecule has 8 heteroatoms. The van der Waals surface area contributed by atoms with Crippen molar-refractivity contribution in [1.29, 1.82) is 5.26 Å². The fraction of sp³-hybridized carbons (Fsp3) is 0.471. The Morgan fingerprint density at radius 1 is 1.28 bits per heavy atom. The minimum Gasteiger partial charge on any atom is -0.494 e. The van der Waals surface area contributed by atoms with Gasteiger partial charge >= 0.3 is 6.18 Å². The van der Waals surface area contributed by atoms with Gasteiger partial charge in [-0.15, -0.1) is 0 Å². The smallest absolute Gasteiger partial charge is 0.389 e. The van der Waals surface area contributed by atoms with Gasteiger partial charge in [-0.25, -0.2) is 4.98 Å². The third kappa shape index (κ3) is 4.10. The fourth-order valence-electron chi connectivity index (χ4n) is 2.58. The second kappa shape index (κ2) is 7.55. The predicted molar refractivity (Wildman–Crippen MR) is 85.8 cm³/mol. The van der Waals surface area contributed by atoms with Gasteiger partial charge in [-0.05, 0) is 12.8 Å². The lowest BCUT2D eigenvalue weighted by atomic mass is 10.2. The highest BCUT2D eigenvalue weighted by atomic mass is 19.4. The first-order chi connectivity index (χ1) is 11.8. The molecule has 0 fully saturated rings. The summed E-state index contributed by atoms with van der Waals surface area (Å²) in [6.07, 6.45) is -2.79. The number of nitrogens with zero attached hydrogens (tertiary/aromatic N) is 4. The van der Waals surface area contributed by atoms with Gasteiger partial charge in [0.05, 0.1) is 19.0 Å². The molecule has 0 atom stereocenters. The molecule has 0 aliphatic heterocycles. The molecule has 0 spiro atoms. The summed E-state index contributed by atoms with van der Waals surface area (Å²) in [4.78, 5) is 8.58. The summed E-state index contributed by atoms with van der Waals surface area (Å²) in [6, 6.07) is 3.63. The Morgan fingerprint density at radius 2 is 2.00 bits per heavy atom. The van der Waals surface area contributed by atoms with Crippen molar-refractivity contribution in [1.82, 2.24) is 14.5 Å². The topological polar surface area (TPSA) is 63.7 Å². The summed E-state index contributed by atoms with van der Waals surface area (Å²) in [7, 11) is 1.43. The number of hydrogen-bond acceptors (Lipinski definition) is 4. The monoisotopic (exact) mass is 352 g/mol. The van der Waals surface area contributed by atoms with Crippen LogP contribution in [0.2, 0.25) is 0 Å². The number of halogens is 3. The van der Waals surface area contributed by atoms with Gasteiger partial charge in [-0.3, -0.25) is 9.55 Å². The highest BCUT2D eigenvalue weighted by molar-refractivity contribution is 5.51. The quantitative estimate of drug-likeness (QED) is 0.794. The van der Waals surface area contributed by atoms with Crippen LogP contribution in [0.3, 0.4) is 0 Å². The van der Waals surface area contributed by atoms with E-state index in [0.29, 0.717) is 41.5 Å². The molecule has 0 aliphatic carbocycles. The van der Waals surface area contributed by atoms with Crippen LogP contribution in [-0.4, -0.2) is 27.8 Å². The van der Waals surface area contributed by atoms with Crippen LogP contribution in [0.1, 0.15) is 43.2 Å². The standard InChI is InChI=1S/C17H19F3N4O/c1-4-12-13(9-21)24(16(5-2)23-12)14-10-22-11(8-15(14)25-3)6-7-17(18,19)20/h8,10H,4-7H2,1-3H3. The molecule has 2 aromatic rings. The van der Waals surface area contributed by atoms with Crippen molar-refractivity contribution in [3.05, 3.63) is 35.2 Å². The molecule has 0 aliphatic rings. The average Bonchev–Trinajstić information content (AvgIpc) is 2.96. The Morgan fingerprint density at radius 3 is 2.52 bits per heavy atom. The van der Waals surface area contributed by atoms with E-state index < -0.39 is 12.6 Å². The molecule has 0 saturated carbocycles. The van der Waals surface area contributed by atoms with Crippen molar-refractivity contribution in [2.45, 2.75) is 45.7 Å². The van der Waals surface area contributed by atoms with Crippen LogP contribution in [0.15, 0.2) is 12.3 Å². The van der Waals surface area contributed by atoms with Gasteiger partial charge < -0.3 is 4.74 Å². The third-order valence-corrected chi connectivity index (χ3v) is 3.80. The minimum absolute atomic E-state index is 0.226. The summed E-state index contributed by atoms with van der Waals surface area (Å²) < 4.78 is 44.2. The Bertz CT molecular complexity index is 790. The van der Waals surface area contributed by atoms with Crippen LogP contribution in [0.25, 0.3) is 5.69 Å². The first kappa shape index (κ1) is 18.8. The average molecular weight is 352 g/mol. The van der Waals surface area contributed by atoms with E-state index in [-0.39, 0.29) is 12.1 Å². The van der Waals surface area contributed by atoms with E-state index in [1.54, 1.807) is 4.57 Å².